The lowest BCUT2D eigenvalue weighted by atomic mass is 9.95. The summed E-state index contributed by atoms with van der Waals surface area (Å²) in [5.74, 6) is -1.40. The Bertz CT molecular complexity index is 843. The first-order chi connectivity index (χ1) is 12.2. The second-order valence-electron chi connectivity index (χ2n) is 6.07. The van der Waals surface area contributed by atoms with Crippen molar-refractivity contribution in [2.75, 3.05) is 6.61 Å². The first-order valence-corrected chi connectivity index (χ1v) is 8.38. The summed E-state index contributed by atoms with van der Waals surface area (Å²) in [5.41, 5.74) is -1.81. The lowest BCUT2D eigenvalue weighted by molar-refractivity contribution is -0.137. The van der Waals surface area contributed by atoms with Crippen molar-refractivity contribution in [3.8, 4) is 11.3 Å². The number of aromatic carboxylic acids is 1. The Morgan fingerprint density at radius 3 is 2.73 bits per heavy atom. The molecule has 0 radical (unpaired) electrons. The van der Waals surface area contributed by atoms with E-state index in [1.807, 2.05) is 0 Å². The molecule has 1 aliphatic rings. The number of benzene rings is 1. The van der Waals surface area contributed by atoms with Gasteiger partial charge < -0.3 is 9.84 Å². The third kappa shape index (κ3) is 3.31. The van der Waals surface area contributed by atoms with Crippen LogP contribution in [-0.2, 0) is 10.9 Å². The van der Waals surface area contributed by atoms with E-state index in [2.05, 4.69) is 5.10 Å². The van der Waals surface area contributed by atoms with Crippen LogP contribution >= 0.6 is 11.6 Å². The van der Waals surface area contributed by atoms with Crippen LogP contribution in [0.3, 0.4) is 0 Å². The van der Waals surface area contributed by atoms with Crippen LogP contribution in [0.25, 0.3) is 11.3 Å². The number of ether oxygens (including phenoxy) is 1. The SMILES string of the molecule is Cc1c(Cl)c(C(=O)O)cc(-c2ccnn2C2CCCCO2)c1C(F)(F)F. The number of carboxylic acid groups (broad SMARTS) is 1. The Labute approximate surface area is 152 Å². The molecule has 3 rings (SSSR count). The molecule has 1 atom stereocenters. The molecule has 1 aliphatic heterocycles. The van der Waals surface area contributed by atoms with Gasteiger partial charge in [0, 0.05) is 18.4 Å². The van der Waals surface area contributed by atoms with Gasteiger partial charge in [0.05, 0.1) is 21.8 Å². The van der Waals surface area contributed by atoms with Crippen LogP contribution in [0.5, 0.6) is 0 Å². The average Bonchev–Trinajstić information content (AvgIpc) is 3.06. The van der Waals surface area contributed by atoms with Crippen molar-refractivity contribution in [3.63, 3.8) is 0 Å². The molecule has 5 nitrogen and oxygen atoms in total. The summed E-state index contributed by atoms with van der Waals surface area (Å²) in [5, 5.41) is 13.0. The van der Waals surface area contributed by atoms with Crippen molar-refractivity contribution in [1.82, 2.24) is 9.78 Å². The summed E-state index contributed by atoms with van der Waals surface area (Å²) >= 11 is 5.89. The van der Waals surface area contributed by atoms with Gasteiger partial charge in [-0.1, -0.05) is 11.6 Å². The first kappa shape index (κ1) is 18.7. The zero-order valence-corrected chi connectivity index (χ0v) is 14.6. The van der Waals surface area contributed by atoms with Crippen molar-refractivity contribution in [2.45, 2.75) is 38.6 Å². The Balaban J connectivity index is 2.25. The molecule has 26 heavy (non-hydrogen) atoms. The standard InChI is InChI=1S/C17H16ClF3N2O3/c1-9-14(17(19,20)21)10(8-11(15(9)18)16(24)25)12-5-6-22-23(12)13-4-2-3-7-26-13/h5-6,8,13H,2-4,7H2,1H3,(H,24,25). The predicted molar refractivity (Wildman–Crippen MR) is 88.2 cm³/mol. The molecule has 0 bridgehead atoms. The molecule has 2 aromatic rings. The van der Waals surface area contributed by atoms with Crippen LogP contribution in [0.1, 0.15) is 47.0 Å². The summed E-state index contributed by atoms with van der Waals surface area (Å²) in [7, 11) is 0. The van der Waals surface area contributed by atoms with Gasteiger partial charge in [0.2, 0.25) is 0 Å². The van der Waals surface area contributed by atoms with Gasteiger partial charge in [0.1, 0.15) is 0 Å². The number of carbonyl (C=O) groups is 1. The van der Waals surface area contributed by atoms with Crippen LogP contribution < -0.4 is 0 Å². The fraction of sp³-hybridized carbons (Fsp3) is 0.412. The van der Waals surface area contributed by atoms with Crippen LogP contribution in [0.15, 0.2) is 18.3 Å². The van der Waals surface area contributed by atoms with Gasteiger partial charge in [-0.3, -0.25) is 0 Å². The highest BCUT2D eigenvalue weighted by Crippen LogP contribution is 2.43. The maximum absolute atomic E-state index is 13.7. The number of rotatable bonds is 3. The van der Waals surface area contributed by atoms with Gasteiger partial charge in [-0.15, -0.1) is 0 Å². The summed E-state index contributed by atoms with van der Waals surface area (Å²) in [6.07, 6.45) is -1.45. The van der Waals surface area contributed by atoms with Gasteiger partial charge in [0.25, 0.3) is 0 Å². The minimum atomic E-state index is -4.71. The number of alkyl halides is 3. The predicted octanol–water partition coefficient (Wildman–Crippen LogP) is 4.93. The quantitative estimate of drug-likeness (QED) is 0.809. The fourth-order valence-electron chi connectivity index (χ4n) is 3.19. The minimum absolute atomic E-state index is 0.145. The highest BCUT2D eigenvalue weighted by molar-refractivity contribution is 6.34. The second-order valence-corrected chi connectivity index (χ2v) is 6.45. The maximum Gasteiger partial charge on any atom is 0.417 e. The van der Waals surface area contributed by atoms with Crippen LogP contribution in [0, 0.1) is 6.92 Å². The zero-order valence-electron chi connectivity index (χ0n) is 13.8. The highest BCUT2D eigenvalue weighted by Gasteiger charge is 2.39. The third-order valence-corrected chi connectivity index (χ3v) is 4.87. The Hall–Kier alpha value is -2.06. The Kier molecular flexibility index (Phi) is 4.98. The van der Waals surface area contributed by atoms with E-state index in [1.54, 1.807) is 0 Å². The minimum Gasteiger partial charge on any atom is -0.478 e. The summed E-state index contributed by atoms with van der Waals surface area (Å²) in [6, 6.07) is 2.37. The van der Waals surface area contributed by atoms with Crippen molar-refractivity contribution < 1.29 is 27.8 Å². The van der Waals surface area contributed by atoms with Gasteiger partial charge in [-0.05, 0) is 43.9 Å². The number of hydrogen-bond donors (Lipinski definition) is 1. The third-order valence-electron chi connectivity index (χ3n) is 4.39. The van der Waals surface area contributed by atoms with Crippen molar-refractivity contribution in [3.05, 3.63) is 40.0 Å². The number of carboxylic acids is 1. The molecule has 0 amide bonds. The van der Waals surface area contributed by atoms with Crippen LogP contribution in [0.4, 0.5) is 13.2 Å². The summed E-state index contributed by atoms with van der Waals surface area (Å²) in [4.78, 5) is 11.4. The molecule has 1 N–H and O–H groups in total. The summed E-state index contributed by atoms with van der Waals surface area (Å²) in [6.45, 7) is 1.66. The molecule has 140 valence electrons. The maximum atomic E-state index is 13.7. The smallest absolute Gasteiger partial charge is 0.417 e. The summed E-state index contributed by atoms with van der Waals surface area (Å²) < 4.78 is 48.2. The van der Waals surface area contributed by atoms with E-state index in [0.717, 1.165) is 18.9 Å². The first-order valence-electron chi connectivity index (χ1n) is 8.01. The molecule has 1 aromatic heterocycles. The van der Waals surface area contributed by atoms with E-state index in [4.69, 9.17) is 16.3 Å². The van der Waals surface area contributed by atoms with E-state index in [1.165, 1.54) is 23.9 Å². The largest absolute Gasteiger partial charge is 0.478 e. The van der Waals surface area contributed by atoms with Crippen LogP contribution in [0.2, 0.25) is 5.02 Å². The van der Waals surface area contributed by atoms with E-state index in [-0.39, 0.29) is 22.4 Å². The Morgan fingerprint density at radius 2 is 2.15 bits per heavy atom. The molecular weight excluding hydrogens is 373 g/mol. The van der Waals surface area contributed by atoms with Crippen LogP contribution in [-0.4, -0.2) is 27.5 Å². The normalized spacial score (nSPS) is 18.1. The van der Waals surface area contributed by atoms with Gasteiger partial charge in [0.15, 0.2) is 6.23 Å². The molecule has 0 saturated carbocycles. The number of nitrogens with zero attached hydrogens (tertiary/aromatic N) is 2. The van der Waals surface area contributed by atoms with Gasteiger partial charge >= 0.3 is 12.1 Å². The van der Waals surface area contributed by atoms with E-state index >= 15 is 0 Å². The monoisotopic (exact) mass is 388 g/mol. The molecule has 1 fully saturated rings. The Morgan fingerprint density at radius 1 is 1.42 bits per heavy atom. The topological polar surface area (TPSA) is 64.3 Å². The van der Waals surface area contributed by atoms with Gasteiger partial charge in [-0.2, -0.15) is 18.3 Å². The van der Waals surface area contributed by atoms with Gasteiger partial charge in [-0.25, -0.2) is 9.48 Å². The van der Waals surface area contributed by atoms with E-state index in [9.17, 15) is 23.1 Å². The van der Waals surface area contributed by atoms with E-state index < -0.39 is 29.0 Å². The average molecular weight is 389 g/mol. The second kappa shape index (κ2) is 6.92. The highest BCUT2D eigenvalue weighted by atomic mass is 35.5. The molecule has 1 aromatic carbocycles. The molecule has 1 unspecified atom stereocenters. The number of halogens is 4. The lowest BCUT2D eigenvalue weighted by Crippen LogP contribution is -2.21. The fourth-order valence-corrected chi connectivity index (χ4v) is 3.42. The lowest BCUT2D eigenvalue weighted by Gasteiger charge is -2.26. The molecular formula is C17H16ClF3N2O3. The molecule has 2 heterocycles. The molecule has 0 spiro atoms. The number of hydrogen-bond acceptors (Lipinski definition) is 3. The van der Waals surface area contributed by atoms with Crippen molar-refractivity contribution in [2.24, 2.45) is 0 Å². The van der Waals surface area contributed by atoms with Crippen molar-refractivity contribution >= 4 is 17.6 Å². The van der Waals surface area contributed by atoms with Crippen molar-refractivity contribution in [1.29, 1.82) is 0 Å². The molecule has 1 saturated heterocycles. The number of aromatic nitrogens is 2. The zero-order chi connectivity index (χ0) is 19.1. The van der Waals surface area contributed by atoms with E-state index in [0.29, 0.717) is 13.0 Å². The molecule has 0 aliphatic carbocycles. The molecule has 9 heteroatoms.